The SMILES string of the molecule is CN(C)C1(CNc2cc(S(N)(=O)=O)ccc2N)CCC1. The number of nitrogens with one attached hydrogen (secondary N) is 1. The highest BCUT2D eigenvalue weighted by atomic mass is 32.2. The normalized spacial score (nSPS) is 17.8. The standard InChI is InChI=1S/C13H22N4O2S/c1-17(2)13(6-3-7-13)9-16-12-8-10(20(15,18)19)4-5-11(12)14/h4-5,8,16H,3,6-7,9,14H2,1-2H3,(H2,15,18,19). The summed E-state index contributed by atoms with van der Waals surface area (Å²) in [6, 6.07) is 4.47. The molecule has 6 nitrogen and oxygen atoms in total. The summed E-state index contributed by atoms with van der Waals surface area (Å²) < 4.78 is 22.7. The van der Waals surface area contributed by atoms with Crippen LogP contribution in [-0.4, -0.2) is 39.5 Å². The maximum absolute atomic E-state index is 11.4. The Morgan fingerprint density at radius 1 is 1.35 bits per heavy atom. The van der Waals surface area contributed by atoms with Gasteiger partial charge in [0.15, 0.2) is 0 Å². The molecule has 0 amide bonds. The Morgan fingerprint density at radius 3 is 2.45 bits per heavy atom. The van der Waals surface area contributed by atoms with Gasteiger partial charge in [-0.05, 0) is 51.6 Å². The predicted molar refractivity (Wildman–Crippen MR) is 81.0 cm³/mol. The summed E-state index contributed by atoms with van der Waals surface area (Å²) in [4.78, 5) is 2.28. The molecule has 2 rings (SSSR count). The van der Waals surface area contributed by atoms with Crippen LogP contribution in [0.2, 0.25) is 0 Å². The molecule has 1 aliphatic carbocycles. The minimum Gasteiger partial charge on any atom is -0.397 e. The summed E-state index contributed by atoms with van der Waals surface area (Å²) in [7, 11) is 0.411. The van der Waals surface area contributed by atoms with Gasteiger partial charge >= 0.3 is 0 Å². The van der Waals surface area contributed by atoms with Crippen molar-refractivity contribution in [1.82, 2.24) is 4.90 Å². The largest absolute Gasteiger partial charge is 0.397 e. The van der Waals surface area contributed by atoms with Gasteiger partial charge in [0.05, 0.1) is 16.3 Å². The molecule has 1 aromatic rings. The molecule has 7 heteroatoms. The third-order valence-electron chi connectivity index (χ3n) is 4.19. The average Bonchev–Trinajstić information content (AvgIpc) is 2.27. The van der Waals surface area contributed by atoms with Crippen molar-refractivity contribution >= 4 is 21.4 Å². The van der Waals surface area contributed by atoms with Crippen LogP contribution in [0.5, 0.6) is 0 Å². The summed E-state index contributed by atoms with van der Waals surface area (Å²) in [6.45, 7) is 0.734. The highest BCUT2D eigenvalue weighted by Gasteiger charge is 2.38. The summed E-state index contributed by atoms with van der Waals surface area (Å²) in [5.41, 5.74) is 7.15. The van der Waals surface area contributed by atoms with Crippen LogP contribution in [0.3, 0.4) is 0 Å². The number of hydrogen-bond acceptors (Lipinski definition) is 5. The van der Waals surface area contributed by atoms with Gasteiger partial charge < -0.3 is 16.0 Å². The van der Waals surface area contributed by atoms with E-state index in [4.69, 9.17) is 10.9 Å². The lowest BCUT2D eigenvalue weighted by Gasteiger charge is -2.47. The number of sulfonamides is 1. The molecule has 0 atom stereocenters. The van der Waals surface area contributed by atoms with Crippen LogP contribution in [0.25, 0.3) is 0 Å². The summed E-state index contributed by atoms with van der Waals surface area (Å²) in [5.74, 6) is 0. The van der Waals surface area contributed by atoms with Crippen molar-refractivity contribution in [1.29, 1.82) is 0 Å². The van der Waals surface area contributed by atoms with Gasteiger partial charge in [0, 0.05) is 12.1 Å². The molecule has 0 aromatic heterocycles. The van der Waals surface area contributed by atoms with E-state index in [2.05, 4.69) is 24.3 Å². The van der Waals surface area contributed by atoms with Crippen LogP contribution in [0, 0.1) is 0 Å². The monoisotopic (exact) mass is 298 g/mol. The Kier molecular flexibility index (Phi) is 3.95. The number of nitrogens with zero attached hydrogens (tertiary/aromatic N) is 1. The first kappa shape index (κ1) is 15.1. The van der Waals surface area contributed by atoms with E-state index < -0.39 is 10.0 Å². The zero-order valence-corrected chi connectivity index (χ0v) is 12.7. The predicted octanol–water partition coefficient (Wildman–Crippen LogP) is 0.812. The van der Waals surface area contributed by atoms with Crippen LogP contribution in [0.1, 0.15) is 19.3 Å². The van der Waals surface area contributed by atoms with Crippen LogP contribution in [-0.2, 0) is 10.0 Å². The van der Waals surface area contributed by atoms with E-state index in [9.17, 15) is 8.42 Å². The fourth-order valence-electron chi connectivity index (χ4n) is 2.49. The number of benzene rings is 1. The Balaban J connectivity index is 2.17. The van der Waals surface area contributed by atoms with Crippen molar-refractivity contribution in [2.45, 2.75) is 29.7 Å². The van der Waals surface area contributed by atoms with E-state index in [0.717, 1.165) is 19.4 Å². The molecule has 20 heavy (non-hydrogen) atoms. The molecule has 0 radical (unpaired) electrons. The van der Waals surface area contributed by atoms with Crippen molar-refractivity contribution in [3.05, 3.63) is 18.2 Å². The van der Waals surface area contributed by atoms with Gasteiger partial charge in [0.25, 0.3) is 0 Å². The zero-order chi connectivity index (χ0) is 15.0. The Hall–Kier alpha value is -1.31. The van der Waals surface area contributed by atoms with E-state index in [1.807, 2.05) is 0 Å². The molecule has 0 spiro atoms. The minimum absolute atomic E-state index is 0.0710. The molecule has 1 aliphatic rings. The highest BCUT2D eigenvalue weighted by molar-refractivity contribution is 7.89. The molecule has 0 unspecified atom stereocenters. The first-order valence-electron chi connectivity index (χ1n) is 6.58. The van der Waals surface area contributed by atoms with Gasteiger partial charge in [-0.15, -0.1) is 0 Å². The quantitative estimate of drug-likeness (QED) is 0.698. The molecule has 0 saturated heterocycles. The van der Waals surface area contributed by atoms with Gasteiger partial charge in [-0.25, -0.2) is 13.6 Å². The van der Waals surface area contributed by atoms with Crippen molar-refractivity contribution < 1.29 is 8.42 Å². The number of rotatable bonds is 5. The second-order valence-electron chi connectivity index (χ2n) is 5.62. The summed E-state index contributed by atoms with van der Waals surface area (Å²) in [5, 5.41) is 8.40. The summed E-state index contributed by atoms with van der Waals surface area (Å²) in [6.07, 6.45) is 3.47. The Bertz CT molecular complexity index is 594. The lowest BCUT2D eigenvalue weighted by molar-refractivity contribution is 0.0739. The zero-order valence-electron chi connectivity index (χ0n) is 11.9. The fourth-order valence-corrected chi connectivity index (χ4v) is 3.03. The van der Waals surface area contributed by atoms with Crippen LogP contribution >= 0.6 is 0 Å². The number of anilines is 2. The van der Waals surface area contributed by atoms with E-state index in [1.54, 1.807) is 6.07 Å². The molecule has 0 heterocycles. The van der Waals surface area contributed by atoms with Gasteiger partial charge in [0.1, 0.15) is 0 Å². The number of nitrogens with two attached hydrogens (primary N) is 2. The topological polar surface area (TPSA) is 101 Å². The third kappa shape index (κ3) is 2.89. The number of likely N-dealkylation sites (N-methyl/N-ethyl adjacent to an activating group) is 1. The second kappa shape index (κ2) is 5.23. The minimum atomic E-state index is -3.71. The van der Waals surface area contributed by atoms with Crippen molar-refractivity contribution in [3.8, 4) is 0 Å². The lowest BCUT2D eigenvalue weighted by atomic mass is 9.75. The maximum atomic E-state index is 11.4. The van der Waals surface area contributed by atoms with Crippen LogP contribution in [0.15, 0.2) is 23.1 Å². The Morgan fingerprint density at radius 2 is 2.00 bits per heavy atom. The van der Waals surface area contributed by atoms with E-state index in [1.165, 1.54) is 18.6 Å². The first-order chi connectivity index (χ1) is 9.24. The van der Waals surface area contributed by atoms with Crippen molar-refractivity contribution in [3.63, 3.8) is 0 Å². The molecule has 5 N–H and O–H groups in total. The summed E-state index contributed by atoms with van der Waals surface area (Å²) >= 11 is 0. The lowest BCUT2D eigenvalue weighted by Crippen LogP contribution is -2.54. The van der Waals surface area contributed by atoms with Crippen molar-refractivity contribution in [2.24, 2.45) is 5.14 Å². The average molecular weight is 298 g/mol. The molecular weight excluding hydrogens is 276 g/mol. The molecule has 0 bridgehead atoms. The molecule has 112 valence electrons. The fraction of sp³-hybridized carbons (Fsp3) is 0.538. The van der Waals surface area contributed by atoms with Gasteiger partial charge in [0.2, 0.25) is 10.0 Å². The van der Waals surface area contributed by atoms with E-state index in [0.29, 0.717) is 11.4 Å². The van der Waals surface area contributed by atoms with Gasteiger partial charge in [-0.3, -0.25) is 0 Å². The molecule has 1 fully saturated rings. The molecule has 0 aliphatic heterocycles. The van der Waals surface area contributed by atoms with Crippen LogP contribution in [0.4, 0.5) is 11.4 Å². The van der Waals surface area contributed by atoms with Gasteiger partial charge in [-0.1, -0.05) is 0 Å². The number of hydrogen-bond donors (Lipinski definition) is 3. The molecular formula is C13H22N4O2S. The van der Waals surface area contributed by atoms with E-state index >= 15 is 0 Å². The smallest absolute Gasteiger partial charge is 0.238 e. The van der Waals surface area contributed by atoms with E-state index in [-0.39, 0.29) is 10.4 Å². The number of primary sulfonamides is 1. The third-order valence-corrected chi connectivity index (χ3v) is 5.11. The number of nitrogen functional groups attached to an aromatic ring is 1. The first-order valence-corrected chi connectivity index (χ1v) is 8.13. The van der Waals surface area contributed by atoms with Crippen LogP contribution < -0.4 is 16.2 Å². The Labute approximate surface area is 120 Å². The highest BCUT2D eigenvalue weighted by Crippen LogP contribution is 2.36. The molecule has 1 aromatic carbocycles. The van der Waals surface area contributed by atoms with Gasteiger partial charge in [-0.2, -0.15) is 0 Å². The second-order valence-corrected chi connectivity index (χ2v) is 7.18. The maximum Gasteiger partial charge on any atom is 0.238 e. The van der Waals surface area contributed by atoms with Crippen molar-refractivity contribution in [2.75, 3.05) is 31.7 Å². The molecule has 1 saturated carbocycles.